The first kappa shape index (κ1) is 12.7. The molecule has 17 heavy (non-hydrogen) atoms. The molecule has 0 spiro atoms. The molecule has 2 N–H and O–H groups in total. The third-order valence-corrected chi connectivity index (χ3v) is 3.64. The minimum absolute atomic E-state index is 0.0109. The predicted octanol–water partition coefficient (Wildman–Crippen LogP) is 1.57. The molecular formula is C13H25N3O. The topological polar surface area (TPSA) is 44.4 Å². The molecule has 4 nitrogen and oxygen atoms in total. The van der Waals surface area contributed by atoms with Crippen molar-refractivity contribution in [2.75, 3.05) is 26.2 Å². The first-order valence-electron chi connectivity index (χ1n) is 7.04. The second kappa shape index (κ2) is 6.24. The molecule has 1 heterocycles. The van der Waals surface area contributed by atoms with Gasteiger partial charge in [0.1, 0.15) is 0 Å². The molecular weight excluding hydrogens is 214 g/mol. The summed E-state index contributed by atoms with van der Waals surface area (Å²) in [5.41, 5.74) is 0. The Bertz CT molecular complexity index is 253. The van der Waals surface area contributed by atoms with Crippen molar-refractivity contribution in [3.63, 3.8) is 0 Å². The standard InChI is InChI=1S/C13H25N3O/c1-2-3-7-14-13(17)15-12-6-8-16(10-12)9-11-4-5-11/h11-12H,2-10H2,1H3,(H2,14,15,17). The molecule has 1 aliphatic heterocycles. The van der Waals surface area contributed by atoms with E-state index in [0.717, 1.165) is 44.8 Å². The van der Waals surface area contributed by atoms with Crippen LogP contribution in [-0.2, 0) is 0 Å². The van der Waals surface area contributed by atoms with E-state index < -0.39 is 0 Å². The Balaban J connectivity index is 1.57. The number of hydrogen-bond donors (Lipinski definition) is 2. The summed E-state index contributed by atoms with van der Waals surface area (Å²) in [4.78, 5) is 14.1. The maximum absolute atomic E-state index is 11.6. The first-order chi connectivity index (χ1) is 8.28. The highest BCUT2D eigenvalue weighted by molar-refractivity contribution is 5.74. The lowest BCUT2D eigenvalue weighted by molar-refractivity contribution is 0.236. The zero-order valence-electron chi connectivity index (χ0n) is 10.9. The van der Waals surface area contributed by atoms with E-state index in [2.05, 4.69) is 22.5 Å². The lowest BCUT2D eigenvalue weighted by Gasteiger charge is -2.16. The Labute approximate surface area is 104 Å². The van der Waals surface area contributed by atoms with Crippen LogP contribution < -0.4 is 10.6 Å². The number of carbonyl (C=O) groups is 1. The van der Waals surface area contributed by atoms with Gasteiger partial charge in [0.2, 0.25) is 0 Å². The smallest absolute Gasteiger partial charge is 0.315 e. The fourth-order valence-corrected chi connectivity index (χ4v) is 2.40. The summed E-state index contributed by atoms with van der Waals surface area (Å²) in [6.45, 7) is 6.36. The first-order valence-corrected chi connectivity index (χ1v) is 7.04. The predicted molar refractivity (Wildman–Crippen MR) is 69.0 cm³/mol. The number of nitrogens with one attached hydrogen (secondary N) is 2. The molecule has 98 valence electrons. The van der Waals surface area contributed by atoms with Gasteiger partial charge in [-0.2, -0.15) is 0 Å². The monoisotopic (exact) mass is 239 g/mol. The Hall–Kier alpha value is -0.770. The van der Waals surface area contributed by atoms with Crippen molar-refractivity contribution in [3.05, 3.63) is 0 Å². The molecule has 0 aromatic heterocycles. The van der Waals surface area contributed by atoms with Crippen LogP contribution in [0.25, 0.3) is 0 Å². The summed E-state index contributed by atoms with van der Waals surface area (Å²) < 4.78 is 0. The molecule has 0 bridgehead atoms. The Morgan fingerprint density at radius 1 is 1.35 bits per heavy atom. The Kier molecular flexibility index (Phi) is 4.66. The van der Waals surface area contributed by atoms with Crippen LogP contribution in [0.1, 0.15) is 39.0 Å². The molecule has 1 saturated heterocycles. The van der Waals surface area contributed by atoms with Gasteiger partial charge >= 0.3 is 6.03 Å². The molecule has 0 aromatic carbocycles. The molecule has 1 aliphatic carbocycles. The normalized spacial score (nSPS) is 24.9. The number of hydrogen-bond acceptors (Lipinski definition) is 2. The average Bonchev–Trinajstić information content (AvgIpc) is 3.00. The van der Waals surface area contributed by atoms with E-state index in [1.54, 1.807) is 0 Å². The van der Waals surface area contributed by atoms with Gasteiger partial charge in [0.15, 0.2) is 0 Å². The van der Waals surface area contributed by atoms with E-state index in [4.69, 9.17) is 0 Å². The van der Waals surface area contributed by atoms with E-state index in [1.165, 1.54) is 19.4 Å². The van der Waals surface area contributed by atoms with Crippen LogP contribution in [-0.4, -0.2) is 43.2 Å². The molecule has 2 fully saturated rings. The number of urea groups is 1. The number of likely N-dealkylation sites (tertiary alicyclic amines) is 1. The highest BCUT2D eigenvalue weighted by atomic mass is 16.2. The molecule has 0 aromatic rings. The van der Waals surface area contributed by atoms with Crippen LogP contribution in [0.2, 0.25) is 0 Å². The van der Waals surface area contributed by atoms with Gasteiger partial charge in [-0.05, 0) is 31.6 Å². The molecule has 4 heteroatoms. The van der Waals surface area contributed by atoms with Crippen molar-refractivity contribution >= 4 is 6.03 Å². The zero-order valence-corrected chi connectivity index (χ0v) is 10.9. The van der Waals surface area contributed by atoms with Gasteiger partial charge in [-0.25, -0.2) is 4.79 Å². The minimum atomic E-state index is 0.0109. The second-order valence-electron chi connectivity index (χ2n) is 5.44. The van der Waals surface area contributed by atoms with Crippen molar-refractivity contribution < 1.29 is 4.79 Å². The fourth-order valence-electron chi connectivity index (χ4n) is 2.40. The number of rotatable bonds is 6. The molecule has 2 aliphatic rings. The van der Waals surface area contributed by atoms with Crippen molar-refractivity contribution in [3.8, 4) is 0 Å². The molecule has 2 rings (SSSR count). The number of nitrogens with zero attached hydrogens (tertiary/aromatic N) is 1. The van der Waals surface area contributed by atoms with Crippen LogP contribution in [0.5, 0.6) is 0 Å². The molecule has 2 amide bonds. The lowest BCUT2D eigenvalue weighted by atomic mass is 10.3. The van der Waals surface area contributed by atoms with Gasteiger partial charge in [0, 0.05) is 32.2 Å². The van der Waals surface area contributed by atoms with Gasteiger partial charge in [-0.1, -0.05) is 13.3 Å². The molecule has 1 saturated carbocycles. The molecule has 0 radical (unpaired) electrons. The second-order valence-corrected chi connectivity index (χ2v) is 5.44. The van der Waals surface area contributed by atoms with Gasteiger partial charge in [0.25, 0.3) is 0 Å². The van der Waals surface area contributed by atoms with Gasteiger partial charge in [-0.15, -0.1) is 0 Å². The van der Waals surface area contributed by atoms with Gasteiger partial charge in [-0.3, -0.25) is 0 Å². The van der Waals surface area contributed by atoms with Crippen LogP contribution >= 0.6 is 0 Å². The van der Waals surface area contributed by atoms with Crippen LogP contribution in [0, 0.1) is 5.92 Å². The summed E-state index contributed by atoms with van der Waals surface area (Å²) in [6, 6.07) is 0.368. The maximum atomic E-state index is 11.6. The highest BCUT2D eigenvalue weighted by Crippen LogP contribution is 2.30. The fraction of sp³-hybridized carbons (Fsp3) is 0.923. The maximum Gasteiger partial charge on any atom is 0.315 e. The average molecular weight is 239 g/mol. The van der Waals surface area contributed by atoms with Crippen molar-refractivity contribution in [1.29, 1.82) is 0 Å². The van der Waals surface area contributed by atoms with Gasteiger partial charge < -0.3 is 15.5 Å². The summed E-state index contributed by atoms with van der Waals surface area (Å²) in [5.74, 6) is 0.951. The van der Waals surface area contributed by atoms with Crippen LogP contribution in [0.3, 0.4) is 0 Å². The molecule has 1 atom stereocenters. The van der Waals surface area contributed by atoms with Crippen LogP contribution in [0.15, 0.2) is 0 Å². The number of carbonyl (C=O) groups excluding carboxylic acids is 1. The van der Waals surface area contributed by atoms with Crippen molar-refractivity contribution in [2.45, 2.75) is 45.1 Å². The van der Waals surface area contributed by atoms with E-state index >= 15 is 0 Å². The van der Waals surface area contributed by atoms with E-state index in [0.29, 0.717) is 6.04 Å². The lowest BCUT2D eigenvalue weighted by Crippen LogP contribution is -2.43. The third kappa shape index (κ3) is 4.54. The number of amides is 2. The van der Waals surface area contributed by atoms with E-state index in [9.17, 15) is 4.79 Å². The number of unbranched alkanes of at least 4 members (excludes halogenated alkanes) is 1. The quantitative estimate of drug-likeness (QED) is 0.691. The van der Waals surface area contributed by atoms with E-state index in [1.807, 2.05) is 0 Å². The third-order valence-electron chi connectivity index (χ3n) is 3.64. The van der Waals surface area contributed by atoms with Crippen molar-refractivity contribution in [1.82, 2.24) is 15.5 Å². The SMILES string of the molecule is CCCCNC(=O)NC1CCN(CC2CC2)C1. The van der Waals surface area contributed by atoms with Gasteiger partial charge in [0.05, 0.1) is 0 Å². The van der Waals surface area contributed by atoms with Crippen molar-refractivity contribution in [2.24, 2.45) is 5.92 Å². The molecule has 1 unspecified atom stereocenters. The Morgan fingerprint density at radius 2 is 2.18 bits per heavy atom. The largest absolute Gasteiger partial charge is 0.338 e. The summed E-state index contributed by atoms with van der Waals surface area (Å²) in [5, 5.41) is 5.98. The zero-order chi connectivity index (χ0) is 12.1. The summed E-state index contributed by atoms with van der Waals surface area (Å²) in [6.07, 6.45) is 6.11. The Morgan fingerprint density at radius 3 is 2.88 bits per heavy atom. The minimum Gasteiger partial charge on any atom is -0.338 e. The van der Waals surface area contributed by atoms with Crippen LogP contribution in [0.4, 0.5) is 4.79 Å². The van der Waals surface area contributed by atoms with E-state index in [-0.39, 0.29) is 6.03 Å². The summed E-state index contributed by atoms with van der Waals surface area (Å²) >= 11 is 0. The summed E-state index contributed by atoms with van der Waals surface area (Å²) in [7, 11) is 0. The highest BCUT2D eigenvalue weighted by Gasteiger charge is 2.29.